The van der Waals surface area contributed by atoms with E-state index >= 15 is 0 Å². The smallest absolute Gasteiger partial charge is 0.149 e. The molecule has 0 saturated heterocycles. The number of hydrogen-bond donors (Lipinski definition) is 3. The second-order valence-corrected chi connectivity index (χ2v) is 2.20. The highest BCUT2D eigenvalue weighted by Gasteiger charge is 1.96. The molecule has 11 heavy (non-hydrogen) atoms. The fourth-order valence-corrected chi connectivity index (χ4v) is 0.765. The van der Waals surface area contributed by atoms with Gasteiger partial charge in [0.2, 0.25) is 0 Å². The Morgan fingerprint density at radius 2 is 2.18 bits per heavy atom. The molecule has 0 fully saturated rings. The van der Waals surface area contributed by atoms with E-state index in [4.69, 9.17) is 11.5 Å². The zero-order valence-electron chi connectivity index (χ0n) is 6.46. The molecule has 5 N–H and O–H groups in total. The first-order chi connectivity index (χ1) is 5.24. The van der Waals surface area contributed by atoms with Gasteiger partial charge in [-0.15, -0.1) is 0 Å². The summed E-state index contributed by atoms with van der Waals surface area (Å²) in [5.41, 5.74) is 11.5. The highest BCUT2D eigenvalue weighted by Crippen LogP contribution is 2.13. The van der Waals surface area contributed by atoms with Crippen LogP contribution in [0.15, 0.2) is 12.1 Å². The van der Waals surface area contributed by atoms with Crippen LogP contribution in [0.3, 0.4) is 0 Å². The summed E-state index contributed by atoms with van der Waals surface area (Å²) in [6.45, 7) is 2.82. The molecular formula is C7H12N4. The second-order valence-electron chi connectivity index (χ2n) is 2.20. The fourth-order valence-electron chi connectivity index (χ4n) is 0.765. The van der Waals surface area contributed by atoms with Crippen LogP contribution in [0.2, 0.25) is 0 Å². The van der Waals surface area contributed by atoms with Gasteiger partial charge >= 0.3 is 0 Å². The van der Waals surface area contributed by atoms with Gasteiger partial charge < -0.3 is 16.8 Å². The number of nitrogens with one attached hydrogen (secondary N) is 1. The van der Waals surface area contributed by atoms with Gasteiger partial charge in [0.15, 0.2) is 0 Å². The minimum absolute atomic E-state index is 0.378. The van der Waals surface area contributed by atoms with Crippen molar-refractivity contribution in [2.45, 2.75) is 6.92 Å². The zero-order valence-corrected chi connectivity index (χ0v) is 6.46. The van der Waals surface area contributed by atoms with E-state index in [1.165, 1.54) is 0 Å². The Labute approximate surface area is 65.6 Å². The average Bonchev–Trinajstić information content (AvgIpc) is 1.98. The molecule has 0 spiro atoms. The van der Waals surface area contributed by atoms with Gasteiger partial charge in [0.05, 0.1) is 5.69 Å². The van der Waals surface area contributed by atoms with Gasteiger partial charge in [0.25, 0.3) is 0 Å². The van der Waals surface area contributed by atoms with Gasteiger partial charge in [-0.25, -0.2) is 4.98 Å². The number of nitrogens with two attached hydrogens (primary N) is 2. The zero-order chi connectivity index (χ0) is 8.27. The van der Waals surface area contributed by atoms with Crippen LogP contribution < -0.4 is 16.8 Å². The van der Waals surface area contributed by atoms with E-state index in [1.54, 1.807) is 12.1 Å². The Balaban J connectivity index is 2.86. The third kappa shape index (κ3) is 1.73. The molecule has 0 unspecified atom stereocenters. The number of rotatable bonds is 2. The summed E-state index contributed by atoms with van der Waals surface area (Å²) in [7, 11) is 0. The SMILES string of the molecule is CCNc1ccc(N)c(N)n1. The molecule has 0 atom stereocenters. The fraction of sp³-hybridized carbons (Fsp3) is 0.286. The van der Waals surface area contributed by atoms with Gasteiger partial charge in [-0.3, -0.25) is 0 Å². The minimum atomic E-state index is 0.378. The van der Waals surface area contributed by atoms with E-state index < -0.39 is 0 Å². The lowest BCUT2D eigenvalue weighted by atomic mass is 10.4. The molecule has 4 heteroatoms. The number of nitrogens with zero attached hydrogens (tertiary/aromatic N) is 1. The van der Waals surface area contributed by atoms with Crippen LogP contribution in [-0.2, 0) is 0 Å². The maximum absolute atomic E-state index is 5.47. The molecule has 0 radical (unpaired) electrons. The molecule has 0 saturated carbocycles. The summed E-state index contributed by atoms with van der Waals surface area (Å²) in [6.07, 6.45) is 0. The molecule has 0 aromatic carbocycles. The Kier molecular flexibility index (Phi) is 2.15. The van der Waals surface area contributed by atoms with E-state index in [2.05, 4.69) is 10.3 Å². The summed E-state index contributed by atoms with van der Waals surface area (Å²) in [6, 6.07) is 3.54. The van der Waals surface area contributed by atoms with Crippen LogP contribution in [0.25, 0.3) is 0 Å². The number of nitrogen functional groups attached to an aromatic ring is 2. The van der Waals surface area contributed by atoms with Crippen LogP contribution in [0.4, 0.5) is 17.3 Å². The molecule has 0 aliphatic carbocycles. The first-order valence-electron chi connectivity index (χ1n) is 3.50. The molecule has 0 amide bonds. The number of pyridine rings is 1. The van der Waals surface area contributed by atoms with E-state index in [0.717, 1.165) is 12.4 Å². The average molecular weight is 152 g/mol. The molecule has 1 heterocycles. The van der Waals surface area contributed by atoms with Crippen molar-refractivity contribution in [3.05, 3.63) is 12.1 Å². The highest BCUT2D eigenvalue weighted by atomic mass is 15.0. The third-order valence-corrected chi connectivity index (χ3v) is 1.32. The maximum Gasteiger partial charge on any atom is 0.149 e. The van der Waals surface area contributed by atoms with Gasteiger partial charge in [-0.1, -0.05) is 0 Å². The molecule has 1 rings (SSSR count). The normalized spacial score (nSPS) is 9.55. The van der Waals surface area contributed by atoms with E-state index in [-0.39, 0.29) is 0 Å². The molecular weight excluding hydrogens is 140 g/mol. The number of hydrogen-bond acceptors (Lipinski definition) is 4. The Morgan fingerprint density at radius 3 is 2.73 bits per heavy atom. The first kappa shape index (κ1) is 7.65. The third-order valence-electron chi connectivity index (χ3n) is 1.32. The highest BCUT2D eigenvalue weighted by molar-refractivity contribution is 5.61. The van der Waals surface area contributed by atoms with Crippen LogP contribution >= 0.6 is 0 Å². The van der Waals surface area contributed by atoms with E-state index in [0.29, 0.717) is 11.5 Å². The minimum Gasteiger partial charge on any atom is -0.396 e. The van der Waals surface area contributed by atoms with Crippen molar-refractivity contribution >= 4 is 17.3 Å². The van der Waals surface area contributed by atoms with Crippen molar-refractivity contribution in [1.29, 1.82) is 0 Å². The van der Waals surface area contributed by atoms with Gasteiger partial charge in [-0.2, -0.15) is 0 Å². The summed E-state index contributed by atoms with van der Waals surface area (Å²) in [4.78, 5) is 4.00. The van der Waals surface area contributed by atoms with Crippen molar-refractivity contribution in [2.24, 2.45) is 0 Å². The quantitative estimate of drug-likeness (QED) is 0.582. The largest absolute Gasteiger partial charge is 0.396 e. The molecule has 60 valence electrons. The number of anilines is 3. The Bertz CT molecular complexity index is 246. The molecule has 1 aromatic rings. The van der Waals surface area contributed by atoms with Crippen LogP contribution in [0.1, 0.15) is 6.92 Å². The lowest BCUT2D eigenvalue weighted by Gasteiger charge is -2.03. The predicted molar refractivity (Wildman–Crippen MR) is 47.2 cm³/mol. The summed E-state index contributed by atoms with van der Waals surface area (Å²) >= 11 is 0. The summed E-state index contributed by atoms with van der Waals surface area (Å²) in [5.74, 6) is 1.14. The van der Waals surface area contributed by atoms with E-state index in [1.807, 2.05) is 6.92 Å². The number of aromatic nitrogens is 1. The van der Waals surface area contributed by atoms with Crippen LogP contribution in [-0.4, -0.2) is 11.5 Å². The lowest BCUT2D eigenvalue weighted by molar-refractivity contribution is 1.16. The van der Waals surface area contributed by atoms with Crippen LogP contribution in [0.5, 0.6) is 0 Å². The molecule has 0 aliphatic heterocycles. The van der Waals surface area contributed by atoms with Crippen molar-refractivity contribution in [2.75, 3.05) is 23.3 Å². The lowest BCUT2D eigenvalue weighted by Crippen LogP contribution is -2.03. The van der Waals surface area contributed by atoms with Gasteiger partial charge in [-0.05, 0) is 19.1 Å². The van der Waals surface area contributed by atoms with Gasteiger partial charge in [0, 0.05) is 6.54 Å². The molecule has 4 nitrogen and oxygen atoms in total. The summed E-state index contributed by atoms with van der Waals surface area (Å²) in [5, 5.41) is 3.03. The Morgan fingerprint density at radius 1 is 1.45 bits per heavy atom. The van der Waals surface area contributed by atoms with Crippen molar-refractivity contribution < 1.29 is 0 Å². The van der Waals surface area contributed by atoms with Crippen molar-refractivity contribution in [3.8, 4) is 0 Å². The molecule has 0 aliphatic rings. The van der Waals surface area contributed by atoms with Gasteiger partial charge in [0.1, 0.15) is 11.6 Å². The summed E-state index contributed by atoms with van der Waals surface area (Å²) < 4.78 is 0. The maximum atomic E-state index is 5.47. The predicted octanol–water partition coefficient (Wildman–Crippen LogP) is 0.678. The van der Waals surface area contributed by atoms with Crippen molar-refractivity contribution in [1.82, 2.24) is 4.98 Å². The standard InChI is InChI=1S/C7H12N4/c1-2-10-6-4-3-5(8)7(9)11-6/h3-4H,2,8H2,1H3,(H3,9,10,11). The van der Waals surface area contributed by atoms with Crippen LogP contribution in [0, 0.1) is 0 Å². The Hall–Kier alpha value is -1.45. The molecule has 0 bridgehead atoms. The monoisotopic (exact) mass is 152 g/mol. The first-order valence-corrected chi connectivity index (χ1v) is 3.50. The van der Waals surface area contributed by atoms with E-state index in [9.17, 15) is 0 Å². The van der Waals surface area contributed by atoms with Crippen molar-refractivity contribution in [3.63, 3.8) is 0 Å². The molecule has 1 aromatic heterocycles. The topological polar surface area (TPSA) is 77.0 Å². The second kappa shape index (κ2) is 3.09.